The molecule has 0 aromatic rings. The van der Waals surface area contributed by atoms with Gasteiger partial charge in [-0.3, -0.25) is 8.78 Å². The van der Waals surface area contributed by atoms with Gasteiger partial charge in [0.15, 0.2) is 0 Å². The highest BCUT2D eigenvalue weighted by molar-refractivity contribution is 4.63. The van der Waals surface area contributed by atoms with E-state index in [2.05, 4.69) is 12.8 Å². The lowest BCUT2D eigenvalue weighted by atomic mass is 11.4. The molecule has 0 saturated carbocycles. The summed E-state index contributed by atoms with van der Waals surface area (Å²) in [6.07, 6.45) is 9.36. The van der Waals surface area contributed by atoms with Gasteiger partial charge in [-0.05, 0) is 0 Å². The van der Waals surface area contributed by atoms with Crippen molar-refractivity contribution in [2.45, 2.75) is 89.1 Å². The first-order valence-corrected chi connectivity index (χ1v) is 1.71. The molecule has 0 aliphatic heterocycles. The average molecular weight is 349 g/mol. The second-order valence-electron chi connectivity index (χ2n) is 0.218. The highest BCUT2D eigenvalue weighted by atomic mass is 19.1. The first-order valence-electron chi connectivity index (χ1n) is 1.71. The van der Waals surface area contributed by atoms with E-state index in [-0.39, 0.29) is 89.1 Å². The van der Waals surface area contributed by atoms with Crippen LogP contribution in [0.25, 0.3) is 0 Å². The van der Waals surface area contributed by atoms with Gasteiger partial charge in [0.1, 0.15) is 12.3 Å². The molecule has 0 N–H and O–H groups in total. The minimum absolute atomic E-state index is 0. The second-order valence-corrected chi connectivity index (χ2v) is 0.218. The van der Waals surface area contributed by atoms with Gasteiger partial charge >= 0.3 is 0 Å². The maximum Gasteiger partial charge on any atom is 0.102 e. The van der Waals surface area contributed by atoms with Crippen molar-refractivity contribution < 1.29 is 17.6 Å². The lowest BCUT2D eigenvalue weighted by Gasteiger charge is -1.17. The zero-order valence-corrected chi connectivity index (χ0v) is 5.67. The molecule has 0 spiro atoms. The summed E-state index contributed by atoms with van der Waals surface area (Å²) in [5.41, 5.74) is 0. The van der Waals surface area contributed by atoms with E-state index >= 15 is 0 Å². The number of alkyl halides is 2. The van der Waals surface area contributed by atoms with Crippen LogP contribution in [0.15, 0.2) is 0 Å². The van der Waals surface area contributed by atoms with Gasteiger partial charge in [-0.1, -0.05) is 102 Å². The Hall–Kier alpha value is -1.16. The molecule has 4 heteroatoms. The molecule has 0 heterocycles. The molecule has 0 amide bonds. The van der Waals surface area contributed by atoms with Gasteiger partial charge < -0.3 is 0 Å². The van der Waals surface area contributed by atoms with Crippen LogP contribution in [0, 0.1) is 25.2 Å². The molecule has 0 aromatic heterocycles. The fourth-order valence-corrected chi connectivity index (χ4v) is 0. The fraction of sp³-hybridized carbons (Fsp3) is 0.778. The summed E-state index contributed by atoms with van der Waals surface area (Å²) in [7, 11) is 1.00. The normalized spacial score (nSPS) is 1.27. The summed E-state index contributed by atoms with van der Waals surface area (Å²) in [5.74, 6) is 0. The lowest BCUT2D eigenvalue weighted by molar-refractivity contribution is 0.635. The maximum absolute atomic E-state index is 9.82. The first-order chi connectivity index (χ1) is 4.83. The molecule has 0 aromatic carbocycles. The smallest absolute Gasteiger partial charge is 0.102 e. The van der Waals surface area contributed by atoms with E-state index in [4.69, 9.17) is 0 Å². The highest BCUT2D eigenvalue weighted by Gasteiger charge is 1.15. The van der Waals surface area contributed by atoms with Crippen LogP contribution in [0.3, 0.4) is 0 Å². The van der Waals surface area contributed by atoms with Crippen LogP contribution in [0.2, 0.25) is 0 Å². The maximum atomic E-state index is 9.82. The molecule has 0 atom stereocenters. The summed E-state index contributed by atoms with van der Waals surface area (Å²) in [4.78, 5) is 0. The molecule has 0 nitrogen and oxygen atoms in total. The molecule has 0 aliphatic rings. The Balaban J connectivity index is -0.00000000133. The lowest BCUT2D eigenvalue weighted by Crippen LogP contribution is -1.02. The van der Waals surface area contributed by atoms with Gasteiger partial charge in [-0.2, -0.15) is 0 Å². The summed E-state index contributed by atoms with van der Waals surface area (Å²) in [5, 5.41) is 0. The number of hydrogen-bond donors (Lipinski definition) is 0. The van der Waals surface area contributed by atoms with Crippen molar-refractivity contribution in [3.63, 3.8) is 0 Å². The van der Waals surface area contributed by atoms with Gasteiger partial charge in [-0.15, -0.1) is 8.78 Å². The minimum Gasteiger partial charge on any atom is -0.255 e. The van der Waals surface area contributed by atoms with E-state index in [1.54, 1.807) is 0 Å². The highest BCUT2D eigenvalue weighted by Crippen LogP contribution is 1.34. The van der Waals surface area contributed by atoms with Gasteiger partial charge in [0.05, 0.1) is 14.4 Å². The van der Waals surface area contributed by atoms with Crippen LogP contribution in [0.1, 0.15) is 89.1 Å². The number of rotatable bonds is 0. The molecule has 0 aliphatic carbocycles. The molecule has 0 radical (unpaired) electrons. The predicted octanol–water partition coefficient (Wildman–Crippen LogP) is 9.90. The zero-order valence-electron chi connectivity index (χ0n) is 5.67. The molecule has 156 valence electrons. The van der Waals surface area contributed by atoms with E-state index in [0.29, 0.717) is 14.4 Å². The Labute approximate surface area is 147 Å². The molecule has 0 saturated heterocycles. The second kappa shape index (κ2) is 9980. The SMILES string of the molecule is C.C.C.C.C.C.C.C.C.C.C.C.C#CF.C#CF.CF.CF. The van der Waals surface area contributed by atoms with E-state index < -0.39 is 0 Å². The van der Waals surface area contributed by atoms with Crippen LogP contribution in [-0.4, -0.2) is 14.4 Å². The largest absolute Gasteiger partial charge is 0.255 e. The van der Waals surface area contributed by atoms with Gasteiger partial charge in [-0.25, -0.2) is 0 Å². The van der Waals surface area contributed by atoms with Crippen molar-refractivity contribution in [2.75, 3.05) is 14.4 Å². The van der Waals surface area contributed by atoms with Gasteiger partial charge in [0, 0.05) is 0 Å². The predicted molar refractivity (Wildman–Crippen MR) is 115 cm³/mol. The quantitative estimate of drug-likeness (QED) is 0.302. The summed E-state index contributed by atoms with van der Waals surface area (Å²) >= 11 is 0. The molecule has 0 rings (SSSR count). The van der Waals surface area contributed by atoms with Crippen molar-refractivity contribution >= 4 is 0 Å². The van der Waals surface area contributed by atoms with Crippen molar-refractivity contribution in [3.05, 3.63) is 0 Å². The molecular formula is C18H56F4. The Morgan fingerprint density at radius 1 is 0.409 bits per heavy atom. The van der Waals surface area contributed by atoms with Crippen LogP contribution >= 0.6 is 0 Å². The Morgan fingerprint density at radius 2 is 0.409 bits per heavy atom. The molecule has 22 heavy (non-hydrogen) atoms. The minimum atomic E-state index is 0. The van der Waals surface area contributed by atoms with Crippen LogP contribution in [-0.2, 0) is 0 Å². The number of halogens is 4. The summed E-state index contributed by atoms with van der Waals surface area (Å²) in [6.45, 7) is 0. The third-order valence-electron chi connectivity index (χ3n) is 0. The molecular weight excluding hydrogens is 292 g/mol. The van der Waals surface area contributed by atoms with E-state index in [1.807, 2.05) is 0 Å². The third kappa shape index (κ3) is 4460. The summed E-state index contributed by atoms with van der Waals surface area (Å²) in [6, 6.07) is 0. The summed E-state index contributed by atoms with van der Waals surface area (Å²) < 4.78 is 38.6. The number of terminal acetylenes is 2. The van der Waals surface area contributed by atoms with E-state index in [1.165, 1.54) is 0 Å². The van der Waals surface area contributed by atoms with Crippen molar-refractivity contribution in [3.8, 4) is 25.2 Å². The van der Waals surface area contributed by atoms with Gasteiger partial charge in [0.2, 0.25) is 0 Å². The monoisotopic (exact) mass is 348 g/mol. The van der Waals surface area contributed by atoms with Crippen molar-refractivity contribution in [1.82, 2.24) is 0 Å². The van der Waals surface area contributed by atoms with Crippen LogP contribution in [0.4, 0.5) is 17.6 Å². The fourth-order valence-electron chi connectivity index (χ4n) is 0. The van der Waals surface area contributed by atoms with Crippen molar-refractivity contribution in [1.29, 1.82) is 0 Å². The van der Waals surface area contributed by atoms with Crippen molar-refractivity contribution in [2.24, 2.45) is 0 Å². The standard InChI is InChI=1S/2C2HF.2CH3F.12CH4/c2*1-2-3;2*1-2;;;;;;;;;;;;/h2*1H;2*1H3;12*1H4. The zero-order chi connectivity index (χ0) is 9.41. The molecule has 0 unspecified atom stereocenters. The van der Waals surface area contributed by atoms with E-state index in [0.717, 1.165) is 12.3 Å². The Morgan fingerprint density at radius 3 is 0.409 bits per heavy atom. The Bertz CT molecular complexity index is 70.1. The molecule has 0 fully saturated rings. The average Bonchev–Trinajstić information content (AvgIpc) is 1.99. The van der Waals surface area contributed by atoms with Gasteiger partial charge in [0.25, 0.3) is 0 Å². The van der Waals surface area contributed by atoms with E-state index in [9.17, 15) is 17.6 Å². The third-order valence-corrected chi connectivity index (χ3v) is 0. The Kier molecular flexibility index (Phi) is 159000. The molecule has 0 bridgehead atoms. The van der Waals surface area contributed by atoms with Crippen LogP contribution in [0.5, 0.6) is 0 Å². The topological polar surface area (TPSA) is 0 Å². The van der Waals surface area contributed by atoms with Crippen LogP contribution < -0.4 is 0 Å². The first kappa shape index (κ1) is 350. The number of hydrogen-bond acceptors (Lipinski definition) is 0.